The number of benzene rings is 2. The number of aromatic nitrogens is 1. The summed E-state index contributed by atoms with van der Waals surface area (Å²) in [6.45, 7) is 1.89. The monoisotopic (exact) mass is 407 g/mol. The maximum Gasteiger partial charge on any atom is 0.273 e. The molecule has 0 unspecified atom stereocenters. The number of nitro benzene ring substituents is 1. The first-order chi connectivity index (χ1) is 14.4. The minimum atomic E-state index is -0.524. The van der Waals surface area contributed by atoms with E-state index >= 15 is 0 Å². The van der Waals surface area contributed by atoms with Crippen molar-refractivity contribution < 1.29 is 14.5 Å². The van der Waals surface area contributed by atoms with Crippen LogP contribution in [0.2, 0.25) is 0 Å². The molecule has 0 aliphatic heterocycles. The SMILES string of the molecule is Cc1c(C(=O)NCc2cc(=O)c(OCc3ccccc3)cn2C)cccc1[N+](=O)[O-]. The fourth-order valence-corrected chi connectivity index (χ4v) is 3.00. The Kier molecular flexibility index (Phi) is 6.26. The quantitative estimate of drug-likeness (QED) is 0.479. The highest BCUT2D eigenvalue weighted by molar-refractivity contribution is 5.96. The lowest BCUT2D eigenvalue weighted by Gasteiger charge is -2.13. The topological polar surface area (TPSA) is 103 Å². The average Bonchev–Trinajstić information content (AvgIpc) is 2.73. The number of rotatable bonds is 7. The zero-order valence-corrected chi connectivity index (χ0v) is 16.6. The van der Waals surface area contributed by atoms with Gasteiger partial charge in [-0.15, -0.1) is 0 Å². The Labute approximate surface area is 172 Å². The van der Waals surface area contributed by atoms with Crippen LogP contribution in [0.25, 0.3) is 0 Å². The van der Waals surface area contributed by atoms with Crippen molar-refractivity contribution in [1.82, 2.24) is 9.88 Å². The zero-order valence-electron chi connectivity index (χ0n) is 16.6. The van der Waals surface area contributed by atoms with Crippen LogP contribution in [0.3, 0.4) is 0 Å². The molecule has 30 heavy (non-hydrogen) atoms. The summed E-state index contributed by atoms with van der Waals surface area (Å²) in [5, 5.41) is 13.8. The molecule has 154 valence electrons. The molecular formula is C22H21N3O5. The summed E-state index contributed by atoms with van der Waals surface area (Å²) in [6, 6.07) is 15.3. The van der Waals surface area contributed by atoms with E-state index in [9.17, 15) is 19.7 Å². The third kappa shape index (κ3) is 4.72. The van der Waals surface area contributed by atoms with Gasteiger partial charge in [0.15, 0.2) is 5.75 Å². The standard InChI is InChI=1S/C22H21N3O5/c1-15-18(9-6-10-19(15)25(28)29)22(27)23-12-17-11-20(26)21(13-24(17)2)30-14-16-7-4-3-5-8-16/h3-11,13H,12,14H2,1-2H3,(H,23,27). The molecule has 1 amide bonds. The number of pyridine rings is 1. The predicted molar refractivity (Wildman–Crippen MR) is 111 cm³/mol. The summed E-state index contributed by atoms with van der Waals surface area (Å²) in [6.07, 6.45) is 1.57. The van der Waals surface area contributed by atoms with E-state index in [2.05, 4.69) is 5.32 Å². The number of nitro groups is 1. The van der Waals surface area contributed by atoms with Gasteiger partial charge in [0.05, 0.1) is 17.7 Å². The highest BCUT2D eigenvalue weighted by atomic mass is 16.6. The second-order valence-corrected chi connectivity index (χ2v) is 6.77. The minimum absolute atomic E-state index is 0.0890. The van der Waals surface area contributed by atoms with Gasteiger partial charge >= 0.3 is 0 Å². The molecule has 0 fully saturated rings. The van der Waals surface area contributed by atoms with E-state index in [0.717, 1.165) is 5.56 Å². The van der Waals surface area contributed by atoms with Crippen molar-refractivity contribution >= 4 is 11.6 Å². The Bertz CT molecular complexity index is 1140. The summed E-state index contributed by atoms with van der Waals surface area (Å²) in [5.74, 6) is -0.237. The summed E-state index contributed by atoms with van der Waals surface area (Å²) < 4.78 is 7.32. The number of aryl methyl sites for hydroxylation is 1. The molecule has 0 radical (unpaired) electrons. The maximum atomic E-state index is 12.5. The van der Waals surface area contributed by atoms with Crippen molar-refractivity contribution in [3.8, 4) is 5.75 Å². The molecule has 3 rings (SSSR count). The lowest BCUT2D eigenvalue weighted by Crippen LogP contribution is -2.26. The third-order valence-corrected chi connectivity index (χ3v) is 4.72. The second-order valence-electron chi connectivity index (χ2n) is 6.77. The van der Waals surface area contributed by atoms with E-state index in [1.807, 2.05) is 30.3 Å². The zero-order chi connectivity index (χ0) is 21.7. The number of nitrogens with one attached hydrogen (secondary N) is 1. The van der Waals surface area contributed by atoms with Crippen LogP contribution in [0.15, 0.2) is 65.6 Å². The molecule has 3 aromatic rings. The van der Waals surface area contributed by atoms with Gasteiger partial charge in [0.25, 0.3) is 11.6 Å². The Hall–Kier alpha value is -3.94. The van der Waals surface area contributed by atoms with Gasteiger partial charge in [-0.05, 0) is 18.6 Å². The van der Waals surface area contributed by atoms with E-state index in [1.54, 1.807) is 17.8 Å². The molecule has 0 spiro atoms. The number of nitrogens with zero attached hydrogens (tertiary/aromatic N) is 2. The fourth-order valence-electron chi connectivity index (χ4n) is 3.00. The van der Waals surface area contributed by atoms with Crippen LogP contribution in [0.5, 0.6) is 5.75 Å². The number of hydrogen-bond donors (Lipinski definition) is 1. The van der Waals surface area contributed by atoms with Crippen molar-refractivity contribution in [1.29, 1.82) is 0 Å². The normalized spacial score (nSPS) is 10.5. The summed E-state index contributed by atoms with van der Waals surface area (Å²) in [5.41, 5.74) is 1.62. The molecule has 0 saturated heterocycles. The predicted octanol–water partition coefficient (Wildman–Crippen LogP) is 3.11. The van der Waals surface area contributed by atoms with Crippen LogP contribution in [0.1, 0.15) is 27.2 Å². The number of hydrogen-bond acceptors (Lipinski definition) is 5. The van der Waals surface area contributed by atoms with Gasteiger partial charge in [-0.25, -0.2) is 0 Å². The van der Waals surface area contributed by atoms with Gasteiger partial charge in [-0.1, -0.05) is 36.4 Å². The number of amides is 1. The van der Waals surface area contributed by atoms with Gasteiger partial charge in [0, 0.05) is 36.0 Å². The molecule has 1 aromatic heterocycles. The molecular weight excluding hydrogens is 386 g/mol. The minimum Gasteiger partial charge on any atom is -0.483 e. The molecule has 1 N–H and O–H groups in total. The first-order valence-electron chi connectivity index (χ1n) is 9.25. The molecule has 0 aliphatic carbocycles. The van der Waals surface area contributed by atoms with Crippen molar-refractivity contribution in [2.45, 2.75) is 20.1 Å². The number of carbonyl (C=O) groups is 1. The molecule has 0 bridgehead atoms. The average molecular weight is 407 g/mol. The van der Waals surface area contributed by atoms with Gasteiger partial charge in [0.2, 0.25) is 5.43 Å². The third-order valence-electron chi connectivity index (χ3n) is 4.72. The van der Waals surface area contributed by atoms with Crippen LogP contribution in [-0.4, -0.2) is 15.4 Å². The molecule has 0 saturated carbocycles. The molecule has 8 heteroatoms. The van der Waals surface area contributed by atoms with Gasteiger partial charge < -0.3 is 14.6 Å². The summed E-state index contributed by atoms with van der Waals surface area (Å²) >= 11 is 0. The maximum absolute atomic E-state index is 12.5. The van der Waals surface area contributed by atoms with Gasteiger partial charge in [-0.2, -0.15) is 0 Å². The highest BCUT2D eigenvalue weighted by Crippen LogP contribution is 2.21. The van der Waals surface area contributed by atoms with Crippen molar-refractivity contribution in [2.75, 3.05) is 0 Å². The summed E-state index contributed by atoms with van der Waals surface area (Å²) in [4.78, 5) is 35.4. The Morgan fingerprint density at radius 2 is 1.90 bits per heavy atom. The number of carbonyl (C=O) groups excluding carboxylic acids is 1. The van der Waals surface area contributed by atoms with Crippen LogP contribution in [0.4, 0.5) is 5.69 Å². The Morgan fingerprint density at radius 1 is 1.17 bits per heavy atom. The van der Waals surface area contributed by atoms with E-state index in [0.29, 0.717) is 11.3 Å². The smallest absolute Gasteiger partial charge is 0.273 e. The van der Waals surface area contributed by atoms with Crippen molar-refractivity contribution in [2.24, 2.45) is 7.05 Å². The lowest BCUT2D eigenvalue weighted by atomic mass is 10.1. The van der Waals surface area contributed by atoms with Gasteiger partial charge in [0.1, 0.15) is 6.61 Å². The van der Waals surface area contributed by atoms with Crippen molar-refractivity contribution in [3.05, 3.63) is 104 Å². The van der Waals surface area contributed by atoms with E-state index < -0.39 is 10.8 Å². The first kappa shape index (κ1) is 20.8. The first-order valence-corrected chi connectivity index (χ1v) is 9.25. The van der Waals surface area contributed by atoms with Crippen molar-refractivity contribution in [3.63, 3.8) is 0 Å². The summed E-state index contributed by atoms with van der Waals surface area (Å²) in [7, 11) is 1.74. The largest absolute Gasteiger partial charge is 0.483 e. The highest BCUT2D eigenvalue weighted by Gasteiger charge is 2.18. The van der Waals surface area contributed by atoms with Crippen LogP contribution >= 0.6 is 0 Å². The number of ether oxygens (including phenoxy) is 1. The lowest BCUT2D eigenvalue weighted by molar-refractivity contribution is -0.385. The Balaban J connectivity index is 1.69. The van der Waals surface area contributed by atoms with E-state index in [-0.39, 0.29) is 35.6 Å². The molecule has 0 atom stereocenters. The van der Waals surface area contributed by atoms with Gasteiger partial charge in [-0.3, -0.25) is 19.7 Å². The molecule has 8 nitrogen and oxygen atoms in total. The molecule has 0 aliphatic rings. The second kappa shape index (κ2) is 9.04. The fraction of sp³-hybridized carbons (Fsp3) is 0.182. The van der Waals surface area contributed by atoms with Crippen LogP contribution < -0.4 is 15.5 Å². The van der Waals surface area contributed by atoms with E-state index in [4.69, 9.17) is 4.74 Å². The molecule has 1 heterocycles. The Morgan fingerprint density at radius 3 is 2.60 bits per heavy atom. The van der Waals surface area contributed by atoms with Crippen LogP contribution in [0, 0.1) is 17.0 Å². The van der Waals surface area contributed by atoms with E-state index in [1.165, 1.54) is 31.2 Å². The van der Waals surface area contributed by atoms with Crippen LogP contribution in [-0.2, 0) is 20.2 Å². The molecule has 2 aromatic carbocycles.